The van der Waals surface area contributed by atoms with E-state index in [1.54, 1.807) is 30.3 Å². The van der Waals surface area contributed by atoms with E-state index in [1.807, 2.05) is 0 Å². The van der Waals surface area contributed by atoms with Crippen LogP contribution >= 0.6 is 0 Å². The molecule has 1 unspecified atom stereocenters. The van der Waals surface area contributed by atoms with Gasteiger partial charge in [-0.15, -0.1) is 0 Å². The van der Waals surface area contributed by atoms with Crippen LogP contribution in [0.4, 0.5) is 18.0 Å². The number of cyclic esters (lactones) is 1. The molecule has 4 nitrogen and oxygen atoms in total. The van der Waals surface area contributed by atoms with Gasteiger partial charge in [0.2, 0.25) is 0 Å². The maximum atomic E-state index is 13.0. The van der Waals surface area contributed by atoms with Gasteiger partial charge in [0.15, 0.2) is 0 Å². The van der Waals surface area contributed by atoms with Crippen LogP contribution in [0.5, 0.6) is 0 Å². The van der Waals surface area contributed by atoms with Crippen molar-refractivity contribution in [3.63, 3.8) is 0 Å². The van der Waals surface area contributed by atoms with Crippen LogP contribution in [0, 0.1) is 0 Å². The maximum absolute atomic E-state index is 13.0. The van der Waals surface area contributed by atoms with Crippen molar-refractivity contribution in [2.75, 3.05) is 6.61 Å². The summed E-state index contributed by atoms with van der Waals surface area (Å²) in [4.78, 5) is 25.2. The van der Waals surface area contributed by atoms with Crippen molar-refractivity contribution in [1.82, 2.24) is 4.90 Å². The van der Waals surface area contributed by atoms with Crippen LogP contribution in [0.2, 0.25) is 0 Å². The molecule has 1 fully saturated rings. The number of hydrogen-bond donors (Lipinski definition) is 0. The third-order valence-electron chi connectivity index (χ3n) is 3.97. The van der Waals surface area contributed by atoms with Gasteiger partial charge in [0.25, 0.3) is 5.91 Å². The number of imide groups is 1. The molecule has 0 spiro atoms. The number of carbonyl (C=O) groups excluding carboxylic acids is 2. The summed E-state index contributed by atoms with van der Waals surface area (Å²) in [5.74, 6) is -0.738. The molecule has 0 bridgehead atoms. The second-order valence-electron chi connectivity index (χ2n) is 5.63. The van der Waals surface area contributed by atoms with Gasteiger partial charge in [0.05, 0.1) is 5.56 Å². The van der Waals surface area contributed by atoms with Crippen molar-refractivity contribution in [2.24, 2.45) is 0 Å². The third kappa shape index (κ3) is 3.61. The average Bonchev–Trinajstić information content (AvgIpc) is 3.01. The summed E-state index contributed by atoms with van der Waals surface area (Å²) in [6.45, 7) is 0.00155. The number of halogens is 3. The molecule has 3 rings (SSSR count). The van der Waals surface area contributed by atoms with E-state index < -0.39 is 29.8 Å². The maximum Gasteiger partial charge on any atom is 0.417 e. The molecule has 1 aliphatic rings. The van der Waals surface area contributed by atoms with E-state index >= 15 is 0 Å². The number of amides is 2. The predicted molar refractivity (Wildman–Crippen MR) is 87.9 cm³/mol. The van der Waals surface area contributed by atoms with Crippen molar-refractivity contribution < 1.29 is 27.5 Å². The Hall–Kier alpha value is -3.09. The highest BCUT2D eigenvalue weighted by molar-refractivity contribution is 6.02. The Labute approximate surface area is 147 Å². The summed E-state index contributed by atoms with van der Waals surface area (Å²) in [5.41, 5.74) is -0.305. The topological polar surface area (TPSA) is 46.6 Å². The minimum atomic E-state index is -4.54. The first-order chi connectivity index (χ1) is 12.4. The van der Waals surface area contributed by atoms with Crippen molar-refractivity contribution >= 4 is 18.1 Å². The van der Waals surface area contributed by atoms with Crippen LogP contribution in [0.3, 0.4) is 0 Å². The van der Waals surface area contributed by atoms with Gasteiger partial charge in [-0.3, -0.25) is 4.79 Å². The van der Waals surface area contributed by atoms with Gasteiger partial charge in [-0.25, -0.2) is 9.69 Å². The van der Waals surface area contributed by atoms with Crippen LogP contribution in [0.25, 0.3) is 6.08 Å². The summed E-state index contributed by atoms with van der Waals surface area (Å²) in [7, 11) is 0. The molecule has 7 heteroatoms. The number of rotatable bonds is 3. The van der Waals surface area contributed by atoms with Crippen LogP contribution in [-0.2, 0) is 15.7 Å². The Balaban J connectivity index is 1.85. The van der Waals surface area contributed by atoms with Gasteiger partial charge < -0.3 is 4.74 Å². The number of carbonyl (C=O) groups is 2. The van der Waals surface area contributed by atoms with Crippen molar-refractivity contribution in [2.45, 2.75) is 12.2 Å². The normalized spacial score (nSPS) is 17.6. The van der Waals surface area contributed by atoms with Gasteiger partial charge in [-0.1, -0.05) is 48.5 Å². The molecule has 1 aliphatic heterocycles. The lowest BCUT2D eigenvalue weighted by Crippen LogP contribution is -2.32. The van der Waals surface area contributed by atoms with Gasteiger partial charge in [0, 0.05) is 6.08 Å². The summed E-state index contributed by atoms with van der Waals surface area (Å²) in [6.07, 6.45) is -3.35. The molecule has 2 aromatic rings. The summed E-state index contributed by atoms with van der Waals surface area (Å²) in [5, 5.41) is 0. The van der Waals surface area contributed by atoms with Crippen molar-refractivity contribution in [1.29, 1.82) is 0 Å². The second-order valence-corrected chi connectivity index (χ2v) is 5.63. The molecule has 1 atom stereocenters. The fourth-order valence-corrected chi connectivity index (χ4v) is 2.73. The molecule has 1 saturated heterocycles. The molecule has 1 heterocycles. The Kier molecular flexibility index (Phi) is 4.79. The van der Waals surface area contributed by atoms with E-state index in [2.05, 4.69) is 0 Å². The number of alkyl halides is 3. The minimum Gasteiger partial charge on any atom is -0.446 e. The fourth-order valence-electron chi connectivity index (χ4n) is 2.73. The molecule has 0 radical (unpaired) electrons. The molecule has 134 valence electrons. The molecule has 0 saturated carbocycles. The largest absolute Gasteiger partial charge is 0.446 e. The van der Waals surface area contributed by atoms with Crippen LogP contribution in [0.15, 0.2) is 60.7 Å². The van der Waals surface area contributed by atoms with Gasteiger partial charge in [0.1, 0.15) is 12.6 Å². The van der Waals surface area contributed by atoms with Gasteiger partial charge >= 0.3 is 12.3 Å². The van der Waals surface area contributed by atoms with Gasteiger partial charge in [-0.05, 0) is 23.3 Å². The standard InChI is InChI=1S/C19H14F3NO3/c20-19(21,22)15-9-5-4-6-13(15)10-11-17(24)23-16(12-26-18(23)25)14-7-2-1-3-8-14/h1-11,16H,12H2. The lowest BCUT2D eigenvalue weighted by molar-refractivity contribution is -0.137. The second kappa shape index (κ2) is 7.03. The van der Waals surface area contributed by atoms with E-state index in [9.17, 15) is 22.8 Å². The van der Waals surface area contributed by atoms with E-state index in [0.29, 0.717) is 5.56 Å². The first-order valence-electron chi connectivity index (χ1n) is 7.77. The van der Waals surface area contributed by atoms with Crippen LogP contribution in [0.1, 0.15) is 22.7 Å². The third-order valence-corrected chi connectivity index (χ3v) is 3.97. The molecular formula is C19H14F3NO3. The van der Waals surface area contributed by atoms with Gasteiger partial charge in [-0.2, -0.15) is 13.2 Å². The number of ether oxygens (including phenoxy) is 1. The Bertz CT molecular complexity index is 847. The zero-order valence-corrected chi connectivity index (χ0v) is 13.4. The lowest BCUT2D eigenvalue weighted by atomic mass is 10.1. The monoisotopic (exact) mass is 361 g/mol. The number of nitrogens with zero attached hydrogens (tertiary/aromatic N) is 1. The molecule has 0 N–H and O–H groups in total. The highest BCUT2D eigenvalue weighted by Crippen LogP contribution is 2.33. The van der Waals surface area contributed by atoms with Crippen molar-refractivity contribution in [3.8, 4) is 0 Å². The molecule has 2 amide bonds. The summed E-state index contributed by atoms with van der Waals surface area (Å²) < 4.78 is 44.0. The zero-order chi connectivity index (χ0) is 18.7. The Morgan fingerprint density at radius 1 is 1.08 bits per heavy atom. The van der Waals surface area contributed by atoms with E-state index in [-0.39, 0.29) is 12.2 Å². The zero-order valence-electron chi connectivity index (χ0n) is 13.4. The highest BCUT2D eigenvalue weighted by Gasteiger charge is 2.38. The SMILES string of the molecule is O=C(C=Cc1ccccc1C(F)(F)F)N1C(=O)OCC1c1ccccc1. The van der Waals surface area contributed by atoms with Crippen molar-refractivity contribution in [3.05, 3.63) is 77.4 Å². The minimum absolute atomic E-state index is 0.00155. The Morgan fingerprint density at radius 3 is 2.42 bits per heavy atom. The smallest absolute Gasteiger partial charge is 0.417 e. The lowest BCUT2D eigenvalue weighted by Gasteiger charge is -2.18. The first kappa shape index (κ1) is 17.7. The molecule has 0 aromatic heterocycles. The summed E-state index contributed by atoms with van der Waals surface area (Å²) in [6, 6.07) is 13.1. The summed E-state index contributed by atoms with van der Waals surface area (Å²) >= 11 is 0. The Morgan fingerprint density at radius 2 is 1.73 bits per heavy atom. The number of hydrogen-bond acceptors (Lipinski definition) is 3. The molecule has 26 heavy (non-hydrogen) atoms. The van der Waals surface area contributed by atoms with Crippen LogP contribution < -0.4 is 0 Å². The highest BCUT2D eigenvalue weighted by atomic mass is 19.4. The molecular weight excluding hydrogens is 347 g/mol. The number of benzene rings is 2. The first-order valence-corrected chi connectivity index (χ1v) is 7.77. The van der Waals surface area contributed by atoms with E-state index in [1.165, 1.54) is 18.2 Å². The average molecular weight is 361 g/mol. The fraction of sp³-hybridized carbons (Fsp3) is 0.158. The quantitative estimate of drug-likeness (QED) is 0.760. The van der Waals surface area contributed by atoms with E-state index in [0.717, 1.165) is 23.1 Å². The molecule has 0 aliphatic carbocycles. The van der Waals surface area contributed by atoms with Crippen LogP contribution in [-0.4, -0.2) is 23.5 Å². The predicted octanol–water partition coefficient (Wildman–Crippen LogP) is 4.44. The van der Waals surface area contributed by atoms with E-state index in [4.69, 9.17) is 4.74 Å². The molecule has 2 aromatic carbocycles.